The van der Waals surface area contributed by atoms with E-state index >= 15 is 0 Å². The van der Waals surface area contributed by atoms with Gasteiger partial charge in [0.05, 0.1) is 28.5 Å². The number of carbonyl (C=O) groups excluding carboxylic acids is 2. The fraction of sp³-hybridized carbons (Fsp3) is 0.533. The van der Waals surface area contributed by atoms with Crippen molar-refractivity contribution in [3.8, 4) is 17.3 Å². The molecule has 6 rings (SSSR count). The summed E-state index contributed by atoms with van der Waals surface area (Å²) in [6.45, 7) is 7.48. The molecule has 1 saturated carbocycles. The minimum atomic E-state index is -0.577. The minimum absolute atomic E-state index is 0.105. The van der Waals surface area contributed by atoms with Crippen molar-refractivity contribution in [2.75, 3.05) is 20.2 Å². The lowest BCUT2D eigenvalue weighted by Crippen LogP contribution is -2.50. The maximum Gasteiger partial charge on any atom is 0.407 e. The lowest BCUT2D eigenvalue weighted by Gasteiger charge is -2.33. The van der Waals surface area contributed by atoms with E-state index in [2.05, 4.69) is 25.5 Å². The van der Waals surface area contributed by atoms with Gasteiger partial charge in [-0.3, -0.25) is 4.79 Å². The number of piperidine rings is 1. The van der Waals surface area contributed by atoms with Crippen LogP contribution in [-0.4, -0.2) is 67.8 Å². The molecule has 1 aliphatic heterocycles. The highest BCUT2D eigenvalue weighted by molar-refractivity contribution is 7.16. The second-order valence-corrected chi connectivity index (χ2v) is 13.1. The van der Waals surface area contributed by atoms with E-state index in [0.29, 0.717) is 35.8 Å². The molecule has 218 valence electrons. The molecule has 0 radical (unpaired) electrons. The number of rotatable bonds is 6. The van der Waals surface area contributed by atoms with Gasteiger partial charge in [0.1, 0.15) is 16.9 Å². The Morgan fingerprint density at radius 2 is 1.95 bits per heavy atom. The quantitative estimate of drug-likeness (QED) is 0.320. The topological polar surface area (TPSA) is 104 Å². The van der Waals surface area contributed by atoms with E-state index in [1.54, 1.807) is 29.4 Å². The number of imidazole rings is 1. The van der Waals surface area contributed by atoms with Crippen molar-refractivity contribution in [3.05, 3.63) is 29.3 Å². The number of amides is 2. The summed E-state index contributed by atoms with van der Waals surface area (Å²) < 4.78 is 16.7. The largest absolute Gasteiger partial charge is 0.494 e. The van der Waals surface area contributed by atoms with E-state index in [4.69, 9.17) is 14.5 Å². The molecule has 41 heavy (non-hydrogen) atoms. The second kappa shape index (κ2) is 10.7. The molecular formula is C30H38N6O4S. The number of fused-ring (bicyclic) bond motifs is 2. The third-order valence-corrected chi connectivity index (χ3v) is 8.88. The van der Waals surface area contributed by atoms with Gasteiger partial charge >= 0.3 is 6.09 Å². The van der Waals surface area contributed by atoms with Crippen molar-refractivity contribution >= 4 is 44.7 Å². The van der Waals surface area contributed by atoms with Crippen LogP contribution in [0.25, 0.3) is 32.9 Å². The Kier molecular flexibility index (Phi) is 7.17. The number of nitrogens with one attached hydrogen (secondary N) is 1. The summed E-state index contributed by atoms with van der Waals surface area (Å²) in [5.41, 5.74) is 5.43. The predicted molar refractivity (Wildman–Crippen MR) is 160 cm³/mol. The second-order valence-electron chi connectivity index (χ2n) is 12.3. The van der Waals surface area contributed by atoms with Crippen LogP contribution in [0.4, 0.5) is 4.79 Å². The van der Waals surface area contributed by atoms with Crippen molar-refractivity contribution in [1.29, 1.82) is 0 Å². The zero-order valence-electron chi connectivity index (χ0n) is 24.4. The van der Waals surface area contributed by atoms with Gasteiger partial charge in [-0.05, 0) is 70.6 Å². The van der Waals surface area contributed by atoms with Gasteiger partial charge < -0.3 is 28.8 Å². The number of benzene rings is 1. The summed E-state index contributed by atoms with van der Waals surface area (Å²) >= 11 is 1.64. The van der Waals surface area contributed by atoms with Crippen molar-refractivity contribution in [2.45, 2.75) is 71.1 Å². The number of thiazole rings is 1. The van der Waals surface area contributed by atoms with E-state index in [1.807, 2.05) is 39.4 Å². The summed E-state index contributed by atoms with van der Waals surface area (Å²) in [5, 5.41) is 2.93. The van der Waals surface area contributed by atoms with Crippen LogP contribution in [0.1, 0.15) is 63.2 Å². The minimum Gasteiger partial charge on any atom is -0.494 e. The summed E-state index contributed by atoms with van der Waals surface area (Å²) in [7, 11) is 3.62. The van der Waals surface area contributed by atoms with Crippen molar-refractivity contribution < 1.29 is 19.1 Å². The molecule has 2 fully saturated rings. The zero-order chi connectivity index (χ0) is 28.9. The molecule has 1 N–H and O–H groups in total. The van der Waals surface area contributed by atoms with E-state index < -0.39 is 11.7 Å². The number of hydrogen-bond acceptors (Lipinski definition) is 7. The lowest BCUT2D eigenvalue weighted by molar-refractivity contribution is 0.0452. The first kappa shape index (κ1) is 27.6. The molecule has 1 unspecified atom stereocenters. The van der Waals surface area contributed by atoms with Crippen LogP contribution in [0, 0.1) is 5.92 Å². The SMILES string of the molecule is COc1cc(C(=O)N2CCCC(NC(=O)OC(C)(C)C)C2)cc2nc(-c3cc4scnc4n3CC3CCC3)n(C)c12. The molecule has 2 aliphatic rings. The number of ether oxygens (including phenoxy) is 2. The van der Waals surface area contributed by atoms with Gasteiger partial charge in [-0.15, -0.1) is 11.3 Å². The summed E-state index contributed by atoms with van der Waals surface area (Å²) in [4.78, 5) is 37.5. The summed E-state index contributed by atoms with van der Waals surface area (Å²) in [5.74, 6) is 1.99. The summed E-state index contributed by atoms with van der Waals surface area (Å²) in [6, 6.07) is 5.67. The number of carbonyl (C=O) groups is 2. The number of likely N-dealkylation sites (tertiary alicyclic amines) is 1. The Balaban J connectivity index is 1.30. The molecule has 1 aromatic carbocycles. The monoisotopic (exact) mass is 578 g/mol. The predicted octanol–water partition coefficient (Wildman–Crippen LogP) is 5.59. The summed E-state index contributed by atoms with van der Waals surface area (Å²) in [6.07, 6.45) is 4.91. The molecule has 3 aromatic heterocycles. The number of methoxy groups -OCH3 is 1. The third kappa shape index (κ3) is 5.39. The maximum absolute atomic E-state index is 13.7. The van der Waals surface area contributed by atoms with Gasteiger partial charge in [0.15, 0.2) is 11.5 Å². The van der Waals surface area contributed by atoms with Crippen LogP contribution in [0.2, 0.25) is 0 Å². The number of hydrogen-bond donors (Lipinski definition) is 1. The fourth-order valence-electron chi connectivity index (χ4n) is 5.93. The van der Waals surface area contributed by atoms with E-state index in [1.165, 1.54) is 19.3 Å². The van der Waals surface area contributed by atoms with Crippen LogP contribution in [-0.2, 0) is 18.3 Å². The van der Waals surface area contributed by atoms with E-state index in [9.17, 15) is 9.59 Å². The Labute approximate surface area is 243 Å². The molecule has 2 amide bonds. The smallest absolute Gasteiger partial charge is 0.407 e. The standard InChI is InChI=1S/C30H38N6O4S/c1-30(2,3)40-29(38)32-20-10-7-11-35(16-20)28(37)19-12-21-25(23(13-19)39-5)34(4)26(33-21)22-14-24-27(31-17-41-24)36(22)15-18-8-6-9-18/h12-14,17-18,20H,6-11,15-16H2,1-5H3,(H,32,38). The van der Waals surface area contributed by atoms with Gasteiger partial charge in [-0.1, -0.05) is 6.42 Å². The molecule has 10 nitrogen and oxygen atoms in total. The van der Waals surface area contributed by atoms with Crippen LogP contribution in [0.3, 0.4) is 0 Å². The Morgan fingerprint density at radius 3 is 2.66 bits per heavy atom. The van der Waals surface area contributed by atoms with Gasteiger partial charge in [-0.2, -0.15) is 0 Å². The Morgan fingerprint density at radius 1 is 1.15 bits per heavy atom. The van der Waals surface area contributed by atoms with Gasteiger partial charge in [-0.25, -0.2) is 14.8 Å². The van der Waals surface area contributed by atoms with Crippen molar-refractivity contribution in [2.24, 2.45) is 13.0 Å². The Bertz CT molecular complexity index is 1610. The molecule has 1 saturated heterocycles. The van der Waals surface area contributed by atoms with E-state index in [0.717, 1.165) is 46.8 Å². The zero-order valence-corrected chi connectivity index (χ0v) is 25.2. The van der Waals surface area contributed by atoms with Crippen LogP contribution < -0.4 is 10.1 Å². The third-order valence-electron chi connectivity index (χ3n) is 8.11. The molecule has 4 aromatic rings. The van der Waals surface area contributed by atoms with E-state index in [-0.39, 0.29) is 11.9 Å². The lowest BCUT2D eigenvalue weighted by atomic mass is 9.85. The molecule has 1 aliphatic carbocycles. The average Bonchev–Trinajstić information content (AvgIpc) is 3.57. The first-order chi connectivity index (χ1) is 19.6. The Hall–Kier alpha value is -3.60. The van der Waals surface area contributed by atoms with Crippen molar-refractivity contribution in [3.63, 3.8) is 0 Å². The first-order valence-corrected chi connectivity index (χ1v) is 15.3. The highest BCUT2D eigenvalue weighted by atomic mass is 32.1. The molecule has 11 heteroatoms. The number of alkyl carbamates (subject to hydrolysis) is 1. The number of aromatic nitrogens is 4. The normalized spacial score (nSPS) is 18.1. The fourth-order valence-corrected chi connectivity index (χ4v) is 6.64. The van der Waals surface area contributed by atoms with Crippen LogP contribution >= 0.6 is 11.3 Å². The number of aryl methyl sites for hydroxylation is 1. The highest BCUT2D eigenvalue weighted by Crippen LogP contribution is 2.37. The van der Waals surface area contributed by atoms with Gasteiger partial charge in [0.2, 0.25) is 0 Å². The molecule has 0 bridgehead atoms. The van der Waals surface area contributed by atoms with Crippen LogP contribution in [0.5, 0.6) is 5.75 Å². The van der Waals surface area contributed by atoms with Crippen molar-refractivity contribution in [1.82, 2.24) is 29.3 Å². The van der Waals surface area contributed by atoms with Gasteiger partial charge in [0, 0.05) is 38.3 Å². The molecule has 0 spiro atoms. The average molecular weight is 579 g/mol. The highest BCUT2D eigenvalue weighted by Gasteiger charge is 2.29. The first-order valence-electron chi connectivity index (χ1n) is 14.4. The van der Waals surface area contributed by atoms with Gasteiger partial charge in [0.25, 0.3) is 5.91 Å². The molecule has 1 atom stereocenters. The number of nitrogens with zero attached hydrogens (tertiary/aromatic N) is 5. The molecular weight excluding hydrogens is 540 g/mol. The molecule has 4 heterocycles. The maximum atomic E-state index is 13.7. The van der Waals surface area contributed by atoms with Crippen LogP contribution in [0.15, 0.2) is 23.7 Å².